The summed E-state index contributed by atoms with van der Waals surface area (Å²) in [5.74, 6) is 4.52. The van der Waals surface area contributed by atoms with Crippen LogP contribution in [0.3, 0.4) is 0 Å². The topological polar surface area (TPSA) is 0 Å². The monoisotopic (exact) mass is 390 g/mol. The first-order valence-corrected chi connectivity index (χ1v) is 10.5. The summed E-state index contributed by atoms with van der Waals surface area (Å²) in [4.78, 5) is 0. The maximum absolute atomic E-state index is 2.48. The van der Waals surface area contributed by atoms with Crippen LogP contribution in [-0.2, 0) is 24.7 Å². The van der Waals surface area contributed by atoms with E-state index < -0.39 is 0 Å². The molecule has 0 radical (unpaired) electrons. The fourth-order valence-electron chi connectivity index (χ4n) is 5.39. The maximum atomic E-state index is 2.48. The Kier molecular flexibility index (Phi) is 5.67. The Hall–Kier alpha value is 0.133. The van der Waals surface area contributed by atoms with Crippen LogP contribution in [0.1, 0.15) is 38.5 Å². The van der Waals surface area contributed by atoms with E-state index in [0.29, 0.717) is 0 Å². The first kappa shape index (κ1) is 17.0. The molecule has 0 spiro atoms. The van der Waals surface area contributed by atoms with Crippen LogP contribution in [0, 0.1) is 29.6 Å². The molecular formula is C20H25ClZr. The van der Waals surface area contributed by atoms with Gasteiger partial charge in [0, 0.05) is 0 Å². The van der Waals surface area contributed by atoms with Crippen LogP contribution in [0.25, 0.3) is 0 Å². The second-order valence-electron chi connectivity index (χ2n) is 7.29. The van der Waals surface area contributed by atoms with E-state index in [1.807, 2.05) is 11.1 Å². The molecule has 0 aromatic heterocycles. The third kappa shape index (κ3) is 2.93. The third-order valence-electron chi connectivity index (χ3n) is 6.41. The molecule has 4 aliphatic rings. The molecule has 0 N–H and O–H groups in total. The Morgan fingerprint density at radius 1 is 0.864 bits per heavy atom. The zero-order chi connectivity index (χ0) is 14.2. The molecule has 116 valence electrons. The molecule has 4 aliphatic carbocycles. The van der Waals surface area contributed by atoms with E-state index in [1.165, 1.54) is 42.7 Å². The van der Waals surface area contributed by atoms with Crippen LogP contribution in [0.5, 0.6) is 0 Å². The van der Waals surface area contributed by atoms with Gasteiger partial charge in [-0.3, -0.25) is 0 Å². The predicted molar refractivity (Wildman–Crippen MR) is 84.4 cm³/mol. The summed E-state index contributed by atoms with van der Waals surface area (Å²) in [6.07, 6.45) is 22.8. The van der Waals surface area contributed by atoms with Crippen molar-refractivity contribution in [2.24, 2.45) is 29.6 Å². The second-order valence-corrected chi connectivity index (χ2v) is 8.29. The molecule has 4 unspecified atom stereocenters. The van der Waals surface area contributed by atoms with Gasteiger partial charge < -0.3 is 12.4 Å². The fraction of sp³-hybridized carbons (Fsp3) is 0.600. The van der Waals surface area contributed by atoms with Crippen molar-refractivity contribution in [1.82, 2.24) is 0 Å². The molecule has 0 aromatic carbocycles. The third-order valence-corrected chi connectivity index (χ3v) is 7.57. The Morgan fingerprint density at radius 3 is 1.82 bits per heavy atom. The molecule has 4 rings (SSSR count). The molecule has 0 amide bonds. The SMILES string of the molecule is [Cl-].[Zr+][CH2]C(C1CCC2CC=CC=C21)C1CCC2CC=CC=C21. The van der Waals surface area contributed by atoms with Crippen molar-refractivity contribution < 1.29 is 37.1 Å². The molecular weight excluding hydrogens is 367 g/mol. The van der Waals surface area contributed by atoms with Gasteiger partial charge in [0.1, 0.15) is 0 Å². The van der Waals surface area contributed by atoms with Gasteiger partial charge in [0.05, 0.1) is 0 Å². The average Bonchev–Trinajstić information content (AvgIpc) is 3.14. The summed E-state index contributed by atoms with van der Waals surface area (Å²) in [7, 11) is 0. The first-order chi connectivity index (χ1) is 10.4. The number of allylic oxidation sites excluding steroid dienone is 8. The van der Waals surface area contributed by atoms with Crippen molar-refractivity contribution in [1.29, 1.82) is 0 Å². The standard InChI is InChI=1S/C20H25.ClH.Zr/c1-14(17-12-10-15-6-2-4-8-19(15)17)18-13-11-16-7-3-5-9-20(16)18;;/h2-5,8-9,14-18H,1,6-7,10-13H2;1H;/q;;+1/p-1. The molecule has 0 saturated heterocycles. The van der Waals surface area contributed by atoms with E-state index >= 15 is 0 Å². The summed E-state index contributed by atoms with van der Waals surface area (Å²) < 4.78 is 1.45. The van der Waals surface area contributed by atoms with Gasteiger partial charge in [0.25, 0.3) is 0 Å². The van der Waals surface area contributed by atoms with Crippen molar-refractivity contribution in [3.05, 3.63) is 47.6 Å². The predicted octanol–water partition coefficient (Wildman–Crippen LogP) is 2.40. The molecule has 2 saturated carbocycles. The van der Waals surface area contributed by atoms with Gasteiger partial charge in [0.15, 0.2) is 0 Å². The number of rotatable bonds is 3. The zero-order valence-electron chi connectivity index (χ0n) is 13.2. The van der Waals surface area contributed by atoms with Crippen molar-refractivity contribution in [2.75, 3.05) is 0 Å². The zero-order valence-corrected chi connectivity index (χ0v) is 16.4. The van der Waals surface area contributed by atoms with Crippen LogP contribution in [0.15, 0.2) is 47.6 Å². The fourth-order valence-corrected chi connectivity index (χ4v) is 6.79. The Balaban J connectivity index is 0.00000144. The van der Waals surface area contributed by atoms with E-state index in [1.54, 1.807) is 24.7 Å². The molecule has 2 heteroatoms. The van der Waals surface area contributed by atoms with Crippen molar-refractivity contribution in [3.8, 4) is 0 Å². The molecule has 2 fully saturated rings. The minimum absolute atomic E-state index is 0. The van der Waals surface area contributed by atoms with Crippen LogP contribution < -0.4 is 12.4 Å². The molecule has 4 atom stereocenters. The van der Waals surface area contributed by atoms with Crippen molar-refractivity contribution >= 4 is 0 Å². The van der Waals surface area contributed by atoms with Gasteiger partial charge >= 0.3 is 145 Å². The van der Waals surface area contributed by atoms with Gasteiger partial charge in [-0.2, -0.15) is 0 Å². The van der Waals surface area contributed by atoms with Crippen LogP contribution in [0.4, 0.5) is 0 Å². The summed E-state index contributed by atoms with van der Waals surface area (Å²) >= 11 is 1.74. The van der Waals surface area contributed by atoms with Crippen LogP contribution in [-0.4, -0.2) is 0 Å². The number of halogens is 1. The van der Waals surface area contributed by atoms with Crippen molar-refractivity contribution in [3.63, 3.8) is 0 Å². The van der Waals surface area contributed by atoms with Gasteiger partial charge in [0.2, 0.25) is 0 Å². The first-order valence-electron chi connectivity index (χ1n) is 8.76. The Labute approximate surface area is 156 Å². The number of hydrogen-bond donors (Lipinski definition) is 0. The quantitative estimate of drug-likeness (QED) is 0.693. The minimum atomic E-state index is 0. The van der Waals surface area contributed by atoms with E-state index in [4.69, 9.17) is 0 Å². The van der Waals surface area contributed by atoms with E-state index in [0.717, 1.165) is 29.6 Å². The summed E-state index contributed by atoms with van der Waals surface area (Å²) in [5.41, 5.74) is 3.64. The van der Waals surface area contributed by atoms with Gasteiger partial charge in [-0.1, -0.05) is 0 Å². The Bertz CT molecular complexity index is 482. The van der Waals surface area contributed by atoms with E-state index in [9.17, 15) is 0 Å². The molecule has 0 bridgehead atoms. The van der Waals surface area contributed by atoms with Gasteiger partial charge in [-0.15, -0.1) is 0 Å². The van der Waals surface area contributed by atoms with Gasteiger partial charge in [-0.05, 0) is 0 Å². The van der Waals surface area contributed by atoms with E-state index in [2.05, 4.69) is 36.5 Å². The normalized spacial score (nSPS) is 36.9. The summed E-state index contributed by atoms with van der Waals surface area (Å²) in [6, 6.07) is 0. The molecule has 0 aromatic rings. The van der Waals surface area contributed by atoms with Gasteiger partial charge in [-0.25, -0.2) is 0 Å². The molecule has 22 heavy (non-hydrogen) atoms. The number of hydrogen-bond acceptors (Lipinski definition) is 0. The molecule has 0 nitrogen and oxygen atoms in total. The Morgan fingerprint density at radius 2 is 1.36 bits per heavy atom. The summed E-state index contributed by atoms with van der Waals surface area (Å²) in [6.45, 7) is 0. The van der Waals surface area contributed by atoms with Crippen molar-refractivity contribution in [2.45, 2.75) is 42.7 Å². The number of fused-ring (bicyclic) bond motifs is 2. The van der Waals surface area contributed by atoms with E-state index in [-0.39, 0.29) is 12.4 Å². The molecule has 0 heterocycles. The summed E-state index contributed by atoms with van der Waals surface area (Å²) in [5, 5.41) is 0. The second kappa shape index (κ2) is 7.35. The van der Waals surface area contributed by atoms with Crippen LogP contribution in [0.2, 0.25) is 4.13 Å². The van der Waals surface area contributed by atoms with Crippen LogP contribution >= 0.6 is 0 Å². The molecule has 0 aliphatic heterocycles. The average molecular weight is 392 g/mol.